The van der Waals surface area contributed by atoms with Crippen LogP contribution in [0, 0.1) is 0 Å². The highest BCUT2D eigenvalue weighted by molar-refractivity contribution is 5.80. The van der Waals surface area contributed by atoms with E-state index in [0.29, 0.717) is 19.5 Å². The minimum atomic E-state index is -1.00. The fourth-order valence-corrected chi connectivity index (χ4v) is 4.99. The predicted molar refractivity (Wildman–Crippen MR) is 157 cm³/mol. The summed E-state index contributed by atoms with van der Waals surface area (Å²) in [5.41, 5.74) is 4.38. The summed E-state index contributed by atoms with van der Waals surface area (Å²) in [4.78, 5) is 24.7. The Morgan fingerprint density at radius 3 is 2.21 bits per heavy atom. The number of rotatable bonds is 13. The number of carbonyl (C=O) groups is 2. The number of hydrogen-bond donors (Lipinski definition) is 4. The largest absolute Gasteiger partial charge is 0.481 e. The van der Waals surface area contributed by atoms with E-state index in [0.717, 1.165) is 27.8 Å². The molecule has 3 aromatic rings. The quantitative estimate of drug-likeness (QED) is 0.238. The van der Waals surface area contributed by atoms with E-state index >= 15 is 0 Å². The van der Waals surface area contributed by atoms with Gasteiger partial charge >= 0.3 is 5.97 Å². The molecule has 0 unspecified atom stereocenters. The summed E-state index contributed by atoms with van der Waals surface area (Å²) in [7, 11) is 1.98. The first-order valence-electron chi connectivity index (χ1n) is 14.2. The molecular formula is C33H40N2O7. The Morgan fingerprint density at radius 1 is 0.929 bits per heavy atom. The number of benzene rings is 3. The molecule has 3 aromatic carbocycles. The van der Waals surface area contributed by atoms with Crippen LogP contribution < -0.4 is 5.32 Å². The Kier molecular flexibility index (Phi) is 11.2. The van der Waals surface area contributed by atoms with Crippen molar-refractivity contribution in [1.82, 2.24) is 10.2 Å². The monoisotopic (exact) mass is 576 g/mol. The second kappa shape index (κ2) is 15.0. The number of nitrogens with one attached hydrogen (secondary N) is 1. The highest BCUT2D eigenvalue weighted by Gasteiger charge is 2.34. The van der Waals surface area contributed by atoms with Crippen LogP contribution in [0.25, 0.3) is 0 Å². The van der Waals surface area contributed by atoms with Gasteiger partial charge in [0.2, 0.25) is 5.91 Å². The van der Waals surface area contributed by atoms with Gasteiger partial charge in [0.25, 0.3) is 0 Å². The van der Waals surface area contributed by atoms with Gasteiger partial charge in [0.15, 0.2) is 6.29 Å². The molecule has 1 amide bonds. The first-order chi connectivity index (χ1) is 20.2. The number of hydrogen-bond acceptors (Lipinski definition) is 7. The Balaban J connectivity index is 1.45. The lowest BCUT2D eigenvalue weighted by molar-refractivity contribution is -0.253. The Morgan fingerprint density at radius 2 is 1.57 bits per heavy atom. The van der Waals surface area contributed by atoms with Gasteiger partial charge in [-0.1, -0.05) is 78.9 Å². The molecule has 224 valence electrons. The van der Waals surface area contributed by atoms with Crippen molar-refractivity contribution >= 4 is 11.9 Å². The lowest BCUT2D eigenvalue weighted by Crippen LogP contribution is -2.43. The van der Waals surface area contributed by atoms with Gasteiger partial charge in [0.05, 0.1) is 31.3 Å². The molecule has 0 saturated carbocycles. The number of carboxylic acids is 1. The van der Waals surface area contributed by atoms with Gasteiger partial charge in [0, 0.05) is 37.5 Å². The van der Waals surface area contributed by atoms with Gasteiger partial charge < -0.3 is 30.1 Å². The molecule has 1 aliphatic heterocycles. The van der Waals surface area contributed by atoms with Crippen molar-refractivity contribution in [2.24, 2.45) is 0 Å². The number of amides is 1. The van der Waals surface area contributed by atoms with Gasteiger partial charge in [-0.2, -0.15) is 0 Å². The van der Waals surface area contributed by atoms with Crippen LogP contribution in [0.1, 0.15) is 72.5 Å². The zero-order chi connectivity index (χ0) is 30.1. The fourth-order valence-electron chi connectivity index (χ4n) is 4.99. The molecule has 1 fully saturated rings. The van der Waals surface area contributed by atoms with Gasteiger partial charge in [-0.25, -0.2) is 0 Å². The normalized spacial score (nSPS) is 20.2. The van der Waals surface area contributed by atoms with E-state index in [1.807, 2.05) is 92.8 Å². The first kappa shape index (κ1) is 31.3. The van der Waals surface area contributed by atoms with E-state index in [9.17, 15) is 19.8 Å². The Bertz CT molecular complexity index is 1280. The van der Waals surface area contributed by atoms with Crippen molar-refractivity contribution in [2.45, 2.75) is 70.0 Å². The molecule has 9 heteroatoms. The number of aliphatic hydroxyl groups excluding tert-OH is 2. The van der Waals surface area contributed by atoms with Crippen LogP contribution in [0.5, 0.6) is 0 Å². The van der Waals surface area contributed by atoms with Gasteiger partial charge in [-0.3, -0.25) is 14.5 Å². The smallest absolute Gasteiger partial charge is 0.303 e. The third kappa shape index (κ3) is 8.70. The molecule has 42 heavy (non-hydrogen) atoms. The molecule has 4 N–H and O–H groups in total. The molecule has 1 heterocycles. The molecule has 0 aliphatic carbocycles. The lowest BCUT2D eigenvalue weighted by atomic mass is 9.98. The van der Waals surface area contributed by atoms with Crippen molar-refractivity contribution in [3.8, 4) is 0 Å². The number of ether oxygens (including phenoxy) is 2. The van der Waals surface area contributed by atoms with Gasteiger partial charge in [0.1, 0.15) is 0 Å². The van der Waals surface area contributed by atoms with Crippen LogP contribution in [-0.4, -0.2) is 57.8 Å². The van der Waals surface area contributed by atoms with Crippen LogP contribution >= 0.6 is 0 Å². The van der Waals surface area contributed by atoms with Crippen molar-refractivity contribution in [2.75, 3.05) is 13.6 Å². The highest BCUT2D eigenvalue weighted by Crippen LogP contribution is 2.38. The van der Waals surface area contributed by atoms with Crippen molar-refractivity contribution in [1.29, 1.82) is 0 Å². The lowest BCUT2D eigenvalue weighted by Gasteiger charge is -2.39. The van der Waals surface area contributed by atoms with Crippen molar-refractivity contribution < 1.29 is 34.4 Å². The molecule has 1 saturated heterocycles. The molecule has 4 rings (SSSR count). The second-order valence-corrected chi connectivity index (χ2v) is 10.8. The maximum Gasteiger partial charge on any atom is 0.303 e. The number of nitrogens with zero attached hydrogens (tertiary/aromatic N) is 1. The molecule has 0 radical (unpaired) electrons. The summed E-state index contributed by atoms with van der Waals surface area (Å²) in [6.45, 7) is 2.84. The summed E-state index contributed by atoms with van der Waals surface area (Å²) in [6.07, 6.45) is -1.35. The van der Waals surface area contributed by atoms with Crippen LogP contribution in [0.15, 0.2) is 78.9 Å². The summed E-state index contributed by atoms with van der Waals surface area (Å²) in [6, 6.07) is 24.8. The number of carbonyl (C=O) groups excluding carboxylic acids is 1. The van der Waals surface area contributed by atoms with E-state index in [1.165, 1.54) is 0 Å². The highest BCUT2D eigenvalue weighted by atomic mass is 16.7. The van der Waals surface area contributed by atoms with E-state index in [1.54, 1.807) is 0 Å². The molecule has 9 nitrogen and oxygen atoms in total. The minimum Gasteiger partial charge on any atom is -0.481 e. The van der Waals surface area contributed by atoms with Crippen molar-refractivity contribution in [3.05, 3.63) is 107 Å². The van der Waals surface area contributed by atoms with E-state index in [2.05, 4.69) is 10.2 Å². The van der Waals surface area contributed by atoms with Crippen LogP contribution in [0.4, 0.5) is 0 Å². The number of aliphatic carboxylic acids is 1. The molecule has 1 aliphatic rings. The average Bonchev–Trinajstić information content (AvgIpc) is 3.02. The number of carboxylic acid groups (broad SMARTS) is 1. The zero-order valence-electron chi connectivity index (χ0n) is 24.1. The summed E-state index contributed by atoms with van der Waals surface area (Å²) >= 11 is 0. The molecule has 0 aromatic heterocycles. The maximum absolute atomic E-state index is 11.9. The van der Waals surface area contributed by atoms with E-state index < -0.39 is 18.4 Å². The Labute approximate surface area is 246 Å². The minimum absolute atomic E-state index is 0.0288. The average molecular weight is 577 g/mol. The van der Waals surface area contributed by atoms with E-state index in [-0.39, 0.29) is 43.6 Å². The van der Waals surface area contributed by atoms with Crippen LogP contribution in [0.2, 0.25) is 0 Å². The number of aliphatic hydroxyl groups is 2. The topological polar surface area (TPSA) is 129 Å². The predicted octanol–water partition coefficient (Wildman–Crippen LogP) is 4.26. The number of likely N-dealkylation sites (N-methyl/N-ethyl adjacent to an activating group) is 1. The zero-order valence-corrected chi connectivity index (χ0v) is 24.1. The first-order valence-corrected chi connectivity index (χ1v) is 14.2. The third-order valence-electron chi connectivity index (χ3n) is 7.71. The SMILES string of the molecule is C[C@H]([C@@H](O)c1ccccc1)N(C)C[C@@H]1C[C@H](c2ccc(CO)cc2)O[C@H](c2ccc(CNC(=O)CCC(=O)O)cc2)O1. The molecule has 5 atom stereocenters. The Hall–Kier alpha value is -3.60. The molecular weight excluding hydrogens is 536 g/mol. The van der Waals surface area contributed by atoms with Gasteiger partial charge in [-0.05, 0) is 36.2 Å². The maximum atomic E-state index is 11.9. The summed E-state index contributed by atoms with van der Waals surface area (Å²) < 4.78 is 12.9. The van der Waals surface area contributed by atoms with E-state index in [4.69, 9.17) is 14.6 Å². The van der Waals surface area contributed by atoms with Crippen LogP contribution in [-0.2, 0) is 32.2 Å². The van der Waals surface area contributed by atoms with Crippen LogP contribution in [0.3, 0.4) is 0 Å². The fraction of sp³-hybridized carbons (Fsp3) is 0.394. The molecule has 0 spiro atoms. The summed E-state index contributed by atoms with van der Waals surface area (Å²) in [5.74, 6) is -1.31. The second-order valence-electron chi connectivity index (χ2n) is 10.8. The third-order valence-corrected chi connectivity index (χ3v) is 7.71. The standard InChI is InChI=1S/C33H40N2O7/c1-22(32(40)26-6-4-3-5-7-26)35(2)20-28-18-29(25-12-10-24(21-36)11-13-25)42-33(41-28)27-14-8-23(9-15-27)19-34-30(37)16-17-31(38)39/h3-15,22,28-29,32-33,36,40H,16-21H2,1-2H3,(H,34,37)(H,38,39)/t22-,28+,29-,32-,33-/m1/s1. The van der Waals surface area contributed by atoms with Crippen molar-refractivity contribution in [3.63, 3.8) is 0 Å². The van der Waals surface area contributed by atoms with Gasteiger partial charge in [-0.15, -0.1) is 0 Å². The summed E-state index contributed by atoms with van der Waals surface area (Å²) in [5, 5.41) is 31.9. The molecule has 0 bridgehead atoms.